The van der Waals surface area contributed by atoms with E-state index in [9.17, 15) is 0 Å². The summed E-state index contributed by atoms with van der Waals surface area (Å²) >= 11 is 0. The lowest BCUT2D eigenvalue weighted by Crippen LogP contribution is -2.04. The average molecular weight is 628 g/mol. The Morgan fingerprint density at radius 3 is 1.82 bits per heavy atom. The third-order valence-electron chi connectivity index (χ3n) is 9.65. The number of aromatic nitrogens is 3. The predicted molar refractivity (Wildman–Crippen MR) is 202 cm³/mol. The van der Waals surface area contributed by atoms with Gasteiger partial charge in [0.1, 0.15) is 0 Å². The van der Waals surface area contributed by atoms with Crippen LogP contribution in [-0.4, -0.2) is 15.0 Å². The van der Waals surface area contributed by atoms with Crippen molar-refractivity contribution in [2.45, 2.75) is 19.3 Å². The zero-order valence-electron chi connectivity index (χ0n) is 27.1. The van der Waals surface area contributed by atoms with E-state index in [1.807, 2.05) is 0 Å². The summed E-state index contributed by atoms with van der Waals surface area (Å²) in [4.78, 5) is 15.3. The van der Waals surface area contributed by atoms with Crippen molar-refractivity contribution in [2.75, 3.05) is 0 Å². The number of fused-ring (bicyclic) bond motifs is 3. The molecule has 0 N–H and O–H groups in total. The number of hydrogen-bond donors (Lipinski definition) is 0. The second-order valence-corrected chi connectivity index (χ2v) is 12.7. The van der Waals surface area contributed by atoms with E-state index in [4.69, 9.17) is 15.0 Å². The SMILES string of the molecule is C1=CC(c2nc(-c3ccc(-c4ccc(-c5ccccc5)cc4-c4ccccc4)cc3)nc(-c3cccc4c3Cc3ccccc3-4)n2)=CCC1. The molecule has 0 fully saturated rings. The summed E-state index contributed by atoms with van der Waals surface area (Å²) in [6.07, 6.45) is 9.49. The van der Waals surface area contributed by atoms with E-state index in [-0.39, 0.29) is 0 Å². The lowest BCUT2D eigenvalue weighted by molar-refractivity contribution is 1.00. The van der Waals surface area contributed by atoms with Crippen LogP contribution in [0, 0.1) is 0 Å². The molecule has 0 unspecified atom stereocenters. The molecular weight excluding hydrogens is 595 g/mol. The van der Waals surface area contributed by atoms with Gasteiger partial charge in [-0.05, 0) is 81.0 Å². The summed E-state index contributed by atoms with van der Waals surface area (Å²) < 4.78 is 0. The highest BCUT2D eigenvalue weighted by Gasteiger charge is 2.23. The summed E-state index contributed by atoms with van der Waals surface area (Å²) in [7, 11) is 0. The molecule has 0 saturated carbocycles. The fourth-order valence-corrected chi connectivity index (χ4v) is 7.16. The molecule has 0 atom stereocenters. The monoisotopic (exact) mass is 627 g/mol. The van der Waals surface area contributed by atoms with E-state index in [0.29, 0.717) is 5.82 Å². The third-order valence-corrected chi connectivity index (χ3v) is 9.65. The molecule has 9 rings (SSSR count). The van der Waals surface area contributed by atoms with Gasteiger partial charge in [0.2, 0.25) is 0 Å². The summed E-state index contributed by atoms with van der Waals surface area (Å²) in [5, 5.41) is 0. The lowest BCUT2D eigenvalue weighted by Gasteiger charge is -2.14. The second-order valence-electron chi connectivity index (χ2n) is 12.7. The van der Waals surface area contributed by atoms with Gasteiger partial charge in [0.15, 0.2) is 17.5 Å². The van der Waals surface area contributed by atoms with Crippen LogP contribution < -0.4 is 0 Å². The van der Waals surface area contributed by atoms with Gasteiger partial charge in [0, 0.05) is 16.7 Å². The molecule has 49 heavy (non-hydrogen) atoms. The first-order chi connectivity index (χ1) is 24.3. The van der Waals surface area contributed by atoms with Gasteiger partial charge in [-0.1, -0.05) is 158 Å². The van der Waals surface area contributed by atoms with Gasteiger partial charge in [0.25, 0.3) is 0 Å². The molecule has 2 aliphatic rings. The van der Waals surface area contributed by atoms with Crippen LogP contribution in [0.1, 0.15) is 29.8 Å². The maximum absolute atomic E-state index is 5.15. The van der Waals surface area contributed by atoms with Crippen molar-refractivity contribution in [1.29, 1.82) is 0 Å². The Labute approximate surface area is 287 Å². The summed E-state index contributed by atoms with van der Waals surface area (Å²) in [6, 6.07) is 51.8. The van der Waals surface area contributed by atoms with Crippen molar-refractivity contribution >= 4 is 5.57 Å². The van der Waals surface area contributed by atoms with Crippen molar-refractivity contribution in [3.8, 4) is 67.3 Å². The molecule has 0 saturated heterocycles. The topological polar surface area (TPSA) is 38.7 Å². The fraction of sp³-hybridized carbons (Fsp3) is 0.0652. The van der Waals surface area contributed by atoms with Crippen LogP contribution in [-0.2, 0) is 6.42 Å². The molecule has 0 radical (unpaired) electrons. The van der Waals surface area contributed by atoms with Crippen LogP contribution in [0.25, 0.3) is 72.9 Å². The highest BCUT2D eigenvalue weighted by Crippen LogP contribution is 2.41. The summed E-state index contributed by atoms with van der Waals surface area (Å²) in [5.74, 6) is 2.12. The first-order valence-corrected chi connectivity index (χ1v) is 17.0. The molecule has 3 nitrogen and oxygen atoms in total. The maximum Gasteiger partial charge on any atom is 0.164 e. The molecule has 0 aliphatic heterocycles. The molecule has 1 heterocycles. The number of nitrogens with zero attached hydrogens (tertiary/aromatic N) is 3. The zero-order chi connectivity index (χ0) is 32.6. The van der Waals surface area contributed by atoms with Crippen molar-refractivity contribution < 1.29 is 0 Å². The highest BCUT2D eigenvalue weighted by molar-refractivity contribution is 5.88. The summed E-state index contributed by atoms with van der Waals surface area (Å²) in [5.41, 5.74) is 15.4. The molecule has 0 spiro atoms. The molecule has 0 bridgehead atoms. The van der Waals surface area contributed by atoms with Crippen molar-refractivity contribution in [3.05, 3.63) is 181 Å². The first kappa shape index (κ1) is 29.0. The fourth-order valence-electron chi connectivity index (χ4n) is 7.16. The molecule has 0 amide bonds. The van der Waals surface area contributed by atoms with Crippen molar-refractivity contribution in [2.24, 2.45) is 0 Å². The Kier molecular flexibility index (Phi) is 7.36. The van der Waals surface area contributed by atoms with Gasteiger partial charge in [-0.3, -0.25) is 0 Å². The van der Waals surface area contributed by atoms with Gasteiger partial charge >= 0.3 is 0 Å². The minimum Gasteiger partial charge on any atom is -0.208 e. The zero-order valence-corrected chi connectivity index (χ0v) is 27.1. The molecule has 1 aromatic heterocycles. The van der Waals surface area contributed by atoms with Crippen molar-refractivity contribution in [3.63, 3.8) is 0 Å². The number of allylic oxidation sites excluding steroid dienone is 4. The van der Waals surface area contributed by atoms with Crippen LogP contribution in [0.3, 0.4) is 0 Å². The van der Waals surface area contributed by atoms with Crippen LogP contribution in [0.5, 0.6) is 0 Å². The molecule has 232 valence electrons. The van der Waals surface area contributed by atoms with E-state index in [0.717, 1.165) is 53.2 Å². The van der Waals surface area contributed by atoms with Crippen LogP contribution >= 0.6 is 0 Å². The average Bonchev–Trinajstić information content (AvgIpc) is 3.58. The van der Waals surface area contributed by atoms with E-state index in [1.165, 1.54) is 50.1 Å². The number of rotatable bonds is 6. The van der Waals surface area contributed by atoms with E-state index in [1.54, 1.807) is 0 Å². The molecular formula is C46H33N3. The van der Waals surface area contributed by atoms with E-state index < -0.39 is 0 Å². The first-order valence-electron chi connectivity index (χ1n) is 17.0. The van der Waals surface area contributed by atoms with Gasteiger partial charge < -0.3 is 0 Å². The third kappa shape index (κ3) is 5.50. The standard InChI is InChI=1S/C46H33N3/c1-4-13-31(14-5-1)36-27-28-39(42(29-36)32-15-6-2-7-16-32)33-23-25-35(26-24-33)45-47-44(34-17-8-3-9-18-34)48-46(49-45)41-22-12-21-40-38-20-11-10-19-37(38)30-43(40)41/h1-2,4-8,10-29H,3,9,30H2. The molecule has 7 aromatic rings. The largest absolute Gasteiger partial charge is 0.208 e. The molecule has 6 aromatic carbocycles. The highest BCUT2D eigenvalue weighted by atomic mass is 15.0. The lowest BCUT2D eigenvalue weighted by atomic mass is 9.91. The van der Waals surface area contributed by atoms with Crippen LogP contribution in [0.15, 0.2) is 164 Å². The van der Waals surface area contributed by atoms with Crippen LogP contribution in [0.2, 0.25) is 0 Å². The minimum atomic E-state index is 0.683. The normalized spacial score (nSPS) is 13.1. The molecule has 3 heteroatoms. The maximum atomic E-state index is 5.15. The number of hydrogen-bond acceptors (Lipinski definition) is 3. The Morgan fingerprint density at radius 2 is 1.02 bits per heavy atom. The minimum absolute atomic E-state index is 0.683. The van der Waals surface area contributed by atoms with E-state index in [2.05, 4.69) is 164 Å². The van der Waals surface area contributed by atoms with Gasteiger partial charge in [-0.25, -0.2) is 15.0 Å². The van der Waals surface area contributed by atoms with Gasteiger partial charge in [0.05, 0.1) is 0 Å². The molecule has 2 aliphatic carbocycles. The Bertz CT molecular complexity index is 2390. The Morgan fingerprint density at radius 1 is 0.388 bits per heavy atom. The van der Waals surface area contributed by atoms with E-state index >= 15 is 0 Å². The summed E-state index contributed by atoms with van der Waals surface area (Å²) in [6.45, 7) is 0. The number of benzene rings is 6. The van der Waals surface area contributed by atoms with Gasteiger partial charge in [-0.15, -0.1) is 0 Å². The predicted octanol–water partition coefficient (Wildman–Crippen LogP) is 11.5. The Hall–Kier alpha value is -6.19. The van der Waals surface area contributed by atoms with Gasteiger partial charge in [-0.2, -0.15) is 0 Å². The Balaban J connectivity index is 1.14. The van der Waals surface area contributed by atoms with Crippen LogP contribution in [0.4, 0.5) is 0 Å². The second kappa shape index (κ2) is 12.4. The quantitative estimate of drug-likeness (QED) is 0.184. The smallest absolute Gasteiger partial charge is 0.164 e. The van der Waals surface area contributed by atoms with Crippen molar-refractivity contribution in [1.82, 2.24) is 15.0 Å².